The van der Waals surface area contributed by atoms with Crippen LogP contribution in [-0.2, 0) is 4.79 Å². The number of carbonyl (C=O) groups excluding carboxylic acids is 2. The lowest BCUT2D eigenvalue weighted by molar-refractivity contribution is -0.132. The van der Waals surface area contributed by atoms with E-state index in [4.69, 9.17) is 9.47 Å². The Bertz CT molecular complexity index is 784. The average Bonchev–Trinajstić information content (AvgIpc) is 2.55. The van der Waals surface area contributed by atoms with Gasteiger partial charge in [0.15, 0.2) is 11.5 Å². The zero-order chi connectivity index (χ0) is 17.5. The largest absolute Gasteiger partial charge is 0.493 e. The van der Waals surface area contributed by atoms with E-state index < -0.39 is 5.97 Å². The van der Waals surface area contributed by atoms with Gasteiger partial charge >= 0.3 is 5.97 Å². The number of amides is 1. The Morgan fingerprint density at radius 1 is 1.12 bits per heavy atom. The molecule has 0 saturated heterocycles. The molecule has 1 amide bonds. The van der Waals surface area contributed by atoms with E-state index in [2.05, 4.69) is 10.5 Å². The summed E-state index contributed by atoms with van der Waals surface area (Å²) in [6.45, 7) is 3.23. The van der Waals surface area contributed by atoms with Crippen LogP contribution in [0.5, 0.6) is 11.5 Å². The predicted octanol–water partition coefficient (Wildman–Crippen LogP) is 2.69. The zero-order valence-electron chi connectivity index (χ0n) is 13.7. The van der Waals surface area contributed by atoms with Crippen LogP contribution in [0.4, 0.5) is 0 Å². The van der Waals surface area contributed by atoms with E-state index in [0.29, 0.717) is 22.6 Å². The van der Waals surface area contributed by atoms with Gasteiger partial charge in [0.1, 0.15) is 0 Å². The molecule has 0 spiro atoms. The van der Waals surface area contributed by atoms with Gasteiger partial charge in [0.2, 0.25) is 0 Å². The third-order valence-electron chi connectivity index (χ3n) is 3.10. The molecule has 6 nitrogen and oxygen atoms in total. The molecule has 0 heterocycles. The minimum atomic E-state index is -0.430. The lowest BCUT2D eigenvalue weighted by Gasteiger charge is -2.08. The van der Waals surface area contributed by atoms with Gasteiger partial charge in [-0.05, 0) is 42.8 Å². The highest BCUT2D eigenvalue weighted by Gasteiger charge is 2.07. The van der Waals surface area contributed by atoms with Crippen molar-refractivity contribution in [3.63, 3.8) is 0 Å². The van der Waals surface area contributed by atoms with Crippen LogP contribution in [0.15, 0.2) is 47.6 Å². The Morgan fingerprint density at radius 2 is 1.92 bits per heavy atom. The first-order chi connectivity index (χ1) is 11.5. The highest BCUT2D eigenvalue weighted by atomic mass is 16.6. The van der Waals surface area contributed by atoms with Gasteiger partial charge in [-0.25, -0.2) is 5.43 Å². The molecule has 0 unspecified atom stereocenters. The van der Waals surface area contributed by atoms with Crippen LogP contribution in [-0.4, -0.2) is 25.2 Å². The first-order valence-corrected chi connectivity index (χ1v) is 7.26. The monoisotopic (exact) mass is 326 g/mol. The number of aryl methyl sites for hydroxylation is 1. The number of hydrogen-bond donors (Lipinski definition) is 1. The molecule has 6 heteroatoms. The van der Waals surface area contributed by atoms with Crippen LogP contribution >= 0.6 is 0 Å². The molecular formula is C18H18N2O4. The Balaban J connectivity index is 2.06. The van der Waals surface area contributed by atoms with Crippen molar-refractivity contribution in [3.8, 4) is 11.5 Å². The molecule has 0 aliphatic carbocycles. The van der Waals surface area contributed by atoms with Crippen molar-refractivity contribution in [2.75, 3.05) is 7.11 Å². The summed E-state index contributed by atoms with van der Waals surface area (Å²) in [5.41, 5.74) is 4.69. The summed E-state index contributed by atoms with van der Waals surface area (Å²) in [5, 5.41) is 3.93. The summed E-state index contributed by atoms with van der Waals surface area (Å²) in [5.74, 6) is 0.00342. The van der Waals surface area contributed by atoms with Gasteiger partial charge in [-0.15, -0.1) is 0 Å². The number of ether oxygens (including phenoxy) is 2. The highest BCUT2D eigenvalue weighted by Crippen LogP contribution is 2.27. The summed E-state index contributed by atoms with van der Waals surface area (Å²) in [6, 6.07) is 12.2. The predicted molar refractivity (Wildman–Crippen MR) is 90.5 cm³/mol. The van der Waals surface area contributed by atoms with Crippen LogP contribution in [0.2, 0.25) is 0 Å². The molecular weight excluding hydrogens is 308 g/mol. The van der Waals surface area contributed by atoms with Crippen molar-refractivity contribution in [2.45, 2.75) is 13.8 Å². The van der Waals surface area contributed by atoms with Gasteiger partial charge in [0.05, 0.1) is 13.3 Å². The maximum atomic E-state index is 12.0. The summed E-state index contributed by atoms with van der Waals surface area (Å²) in [4.78, 5) is 23.0. The van der Waals surface area contributed by atoms with Gasteiger partial charge in [0.25, 0.3) is 5.91 Å². The Morgan fingerprint density at radius 3 is 2.58 bits per heavy atom. The molecule has 1 N–H and O–H groups in total. The quantitative estimate of drug-likeness (QED) is 0.397. The first-order valence-electron chi connectivity index (χ1n) is 7.26. The lowest BCUT2D eigenvalue weighted by Crippen LogP contribution is -2.17. The molecule has 124 valence electrons. The summed E-state index contributed by atoms with van der Waals surface area (Å²) in [6.07, 6.45) is 1.48. The normalized spacial score (nSPS) is 10.5. The van der Waals surface area contributed by atoms with Gasteiger partial charge in [0, 0.05) is 12.5 Å². The third-order valence-corrected chi connectivity index (χ3v) is 3.10. The average molecular weight is 326 g/mol. The third kappa shape index (κ3) is 4.67. The minimum absolute atomic E-state index is 0.293. The molecule has 24 heavy (non-hydrogen) atoms. The zero-order valence-corrected chi connectivity index (χ0v) is 13.7. The second kappa shape index (κ2) is 7.92. The second-order valence-electron chi connectivity index (χ2n) is 5.07. The highest BCUT2D eigenvalue weighted by molar-refractivity contribution is 5.95. The molecule has 0 aromatic heterocycles. The van der Waals surface area contributed by atoms with E-state index in [-0.39, 0.29) is 5.91 Å². The Labute approximate surface area is 140 Å². The molecule has 2 rings (SSSR count). The number of esters is 1. The number of hydrazone groups is 1. The van der Waals surface area contributed by atoms with Crippen molar-refractivity contribution >= 4 is 18.1 Å². The van der Waals surface area contributed by atoms with E-state index in [1.165, 1.54) is 20.2 Å². The minimum Gasteiger partial charge on any atom is -0.493 e. The molecule has 0 saturated carbocycles. The number of benzene rings is 2. The van der Waals surface area contributed by atoms with E-state index in [1.54, 1.807) is 30.3 Å². The number of nitrogens with one attached hydrogen (secondary N) is 1. The number of methoxy groups -OCH3 is 1. The molecule has 0 aliphatic rings. The van der Waals surface area contributed by atoms with Crippen LogP contribution in [0.1, 0.15) is 28.4 Å². The molecule has 0 atom stereocenters. The lowest BCUT2D eigenvalue weighted by atomic mass is 10.1. The Hall–Kier alpha value is -3.15. The fourth-order valence-corrected chi connectivity index (χ4v) is 2.02. The van der Waals surface area contributed by atoms with Crippen LogP contribution in [0.3, 0.4) is 0 Å². The fourth-order valence-electron chi connectivity index (χ4n) is 2.02. The Kier molecular flexibility index (Phi) is 5.68. The molecule has 2 aromatic rings. The van der Waals surface area contributed by atoms with Gasteiger partial charge in [-0.1, -0.05) is 17.7 Å². The number of hydrogen-bond acceptors (Lipinski definition) is 5. The van der Waals surface area contributed by atoms with Gasteiger partial charge < -0.3 is 9.47 Å². The van der Waals surface area contributed by atoms with Crippen molar-refractivity contribution in [1.82, 2.24) is 5.43 Å². The molecule has 0 bridgehead atoms. The number of carbonyl (C=O) groups is 2. The summed E-state index contributed by atoms with van der Waals surface area (Å²) >= 11 is 0. The number of rotatable bonds is 5. The van der Waals surface area contributed by atoms with Crippen LogP contribution in [0, 0.1) is 6.92 Å². The smallest absolute Gasteiger partial charge is 0.308 e. The van der Waals surface area contributed by atoms with E-state index in [9.17, 15) is 9.59 Å². The van der Waals surface area contributed by atoms with E-state index in [1.807, 2.05) is 19.1 Å². The van der Waals surface area contributed by atoms with Crippen molar-refractivity contribution in [2.24, 2.45) is 5.10 Å². The van der Waals surface area contributed by atoms with Crippen LogP contribution in [0.25, 0.3) is 0 Å². The maximum Gasteiger partial charge on any atom is 0.308 e. The fraction of sp³-hybridized carbons (Fsp3) is 0.167. The van der Waals surface area contributed by atoms with Crippen molar-refractivity contribution in [3.05, 3.63) is 59.2 Å². The van der Waals surface area contributed by atoms with Crippen molar-refractivity contribution in [1.29, 1.82) is 0 Å². The molecule has 0 fully saturated rings. The second-order valence-corrected chi connectivity index (χ2v) is 5.07. The van der Waals surface area contributed by atoms with E-state index in [0.717, 1.165) is 5.56 Å². The van der Waals surface area contributed by atoms with Crippen molar-refractivity contribution < 1.29 is 19.1 Å². The first kappa shape index (κ1) is 17.2. The van der Waals surface area contributed by atoms with Gasteiger partial charge in [-0.3, -0.25) is 9.59 Å². The standard InChI is InChI=1S/C18H18N2O4/c1-12-5-4-6-15(9-12)18(22)20-19-11-14-7-8-16(24-13(2)21)17(10-14)23-3/h4-11H,1-3H3,(H,20,22)/b19-11+. The summed E-state index contributed by atoms with van der Waals surface area (Å²) in [7, 11) is 1.47. The maximum absolute atomic E-state index is 12.0. The van der Waals surface area contributed by atoms with Crippen LogP contribution < -0.4 is 14.9 Å². The topological polar surface area (TPSA) is 77.0 Å². The number of nitrogens with zero attached hydrogens (tertiary/aromatic N) is 1. The molecule has 2 aromatic carbocycles. The molecule has 0 aliphatic heterocycles. The summed E-state index contributed by atoms with van der Waals surface area (Å²) < 4.78 is 10.2. The molecule has 0 radical (unpaired) electrons. The van der Waals surface area contributed by atoms with Gasteiger partial charge in [-0.2, -0.15) is 5.10 Å². The van der Waals surface area contributed by atoms with E-state index >= 15 is 0 Å². The SMILES string of the molecule is COc1cc(/C=N/NC(=O)c2cccc(C)c2)ccc1OC(C)=O.